The highest BCUT2D eigenvalue weighted by Gasteiger charge is 2.13. The maximum absolute atomic E-state index is 12.0. The molecule has 0 aromatic heterocycles. The zero-order valence-corrected chi connectivity index (χ0v) is 29.8. The predicted molar refractivity (Wildman–Crippen MR) is 177 cm³/mol. The van der Waals surface area contributed by atoms with E-state index in [2.05, 4.69) is 22.6 Å². The fraction of sp³-hybridized carbons (Fsp3) is 0.800. The summed E-state index contributed by atoms with van der Waals surface area (Å²) in [5.74, 6) is 0. The molecule has 1 rings (SSSR count). The Hall–Kier alpha value is -0.580. The lowest BCUT2D eigenvalue weighted by Gasteiger charge is -2.09. The Balaban J connectivity index is 1.66. The molecule has 46 heavy (non-hydrogen) atoms. The van der Waals surface area contributed by atoms with Gasteiger partial charge in [0, 0.05) is 4.43 Å². The van der Waals surface area contributed by atoms with E-state index in [0.29, 0.717) is 132 Å². The van der Waals surface area contributed by atoms with Crippen LogP contribution < -0.4 is 0 Å². The van der Waals surface area contributed by atoms with Crippen LogP contribution in [0.3, 0.4) is 0 Å². The summed E-state index contributed by atoms with van der Waals surface area (Å²) in [6, 6.07) is 7.98. The lowest BCUT2D eigenvalue weighted by atomic mass is 10.4. The van der Waals surface area contributed by atoms with E-state index in [9.17, 15) is 8.42 Å². The van der Waals surface area contributed by atoms with Gasteiger partial charge in [-0.2, -0.15) is 8.42 Å². The molecule has 0 spiro atoms. The van der Waals surface area contributed by atoms with Crippen LogP contribution in [-0.2, 0) is 66.4 Å². The lowest BCUT2D eigenvalue weighted by molar-refractivity contribution is -0.0275. The summed E-state index contributed by atoms with van der Waals surface area (Å²) < 4.78 is 89.4. The Morgan fingerprint density at radius 3 is 0.870 bits per heavy atom. The van der Waals surface area contributed by atoms with Gasteiger partial charge in [0.1, 0.15) is 0 Å². The van der Waals surface area contributed by atoms with Gasteiger partial charge in [0.2, 0.25) is 0 Å². The third-order valence-electron chi connectivity index (χ3n) is 5.44. The van der Waals surface area contributed by atoms with Gasteiger partial charge in [0.25, 0.3) is 10.1 Å². The second-order valence-corrected chi connectivity index (χ2v) is 11.7. The van der Waals surface area contributed by atoms with Crippen molar-refractivity contribution in [2.75, 3.05) is 156 Å². The van der Waals surface area contributed by atoms with Gasteiger partial charge in [0.05, 0.1) is 157 Å². The quantitative estimate of drug-likeness (QED) is 0.0419. The molecule has 0 radical (unpaired) electrons. The summed E-state index contributed by atoms with van der Waals surface area (Å²) >= 11 is 2.27. The molecule has 0 heterocycles. The predicted octanol–water partition coefficient (Wildman–Crippen LogP) is 2.01. The Morgan fingerprint density at radius 2 is 0.609 bits per heavy atom. The first-order chi connectivity index (χ1) is 22.7. The van der Waals surface area contributed by atoms with Crippen molar-refractivity contribution in [1.29, 1.82) is 0 Å². The van der Waals surface area contributed by atoms with E-state index in [1.807, 2.05) is 0 Å². The van der Waals surface area contributed by atoms with Gasteiger partial charge in [0.15, 0.2) is 0 Å². The molecule has 1 aromatic rings. The van der Waals surface area contributed by atoms with Crippen LogP contribution >= 0.6 is 22.6 Å². The molecule has 0 N–H and O–H groups in total. The summed E-state index contributed by atoms with van der Waals surface area (Å²) in [4.78, 5) is 0.121. The smallest absolute Gasteiger partial charge is 0.297 e. The van der Waals surface area contributed by atoms with Crippen molar-refractivity contribution in [2.24, 2.45) is 0 Å². The number of halogens is 1. The number of alkyl halides is 1. The van der Waals surface area contributed by atoms with Crippen molar-refractivity contribution in [1.82, 2.24) is 0 Å². The van der Waals surface area contributed by atoms with Gasteiger partial charge in [-0.1, -0.05) is 40.8 Å². The van der Waals surface area contributed by atoms with Crippen LogP contribution in [0.4, 0.5) is 0 Å². The third-order valence-corrected chi connectivity index (χ3v) is 7.21. The van der Waals surface area contributed by atoms with Crippen LogP contribution in [0.25, 0.3) is 0 Å². The Kier molecular flexibility index (Phi) is 32.4. The Bertz CT molecular complexity index is 853. The van der Waals surface area contributed by atoms with Gasteiger partial charge in [-0.05, 0) is 12.1 Å². The van der Waals surface area contributed by atoms with Crippen molar-refractivity contribution in [2.45, 2.75) is 4.90 Å². The first kappa shape index (κ1) is 43.4. The molecule has 0 atom stereocenters. The molecule has 0 unspecified atom stereocenters. The summed E-state index contributed by atoms with van der Waals surface area (Å²) in [6.07, 6.45) is 0. The molecule has 0 fully saturated rings. The van der Waals surface area contributed by atoms with Crippen molar-refractivity contribution in [3.8, 4) is 0 Å². The average Bonchev–Trinajstić information content (AvgIpc) is 3.07. The first-order valence-corrected chi connectivity index (χ1v) is 18.5. The monoisotopic (exact) mass is 796 g/mol. The molecule has 16 heteroatoms. The molecular weight excluding hydrogens is 743 g/mol. The molecule has 0 saturated heterocycles. The normalized spacial score (nSPS) is 11.8. The van der Waals surface area contributed by atoms with Crippen LogP contribution in [0.2, 0.25) is 0 Å². The molecular formula is C30H53IO14S. The van der Waals surface area contributed by atoms with Crippen molar-refractivity contribution in [3.05, 3.63) is 30.3 Å². The highest BCUT2D eigenvalue weighted by molar-refractivity contribution is 14.1. The number of ether oxygens (including phenoxy) is 11. The second-order valence-electron chi connectivity index (χ2n) is 9.01. The van der Waals surface area contributed by atoms with Crippen LogP contribution in [0, 0.1) is 0 Å². The molecule has 0 amide bonds. The SMILES string of the molecule is O=S(=O)(OCCOCCOCCOCCOCCOCCOCCOCCOCCOCCOCCOCCI)c1ccccc1. The van der Waals surface area contributed by atoms with E-state index < -0.39 is 10.1 Å². The standard InChI is InChI=1S/C30H53IO14S/c31-6-7-34-8-9-35-10-11-36-12-13-37-14-15-38-16-17-39-18-19-40-20-21-41-22-23-42-24-25-43-26-27-44-28-29-45-46(32,33)30-4-2-1-3-5-30/h1-5H,6-29H2. The summed E-state index contributed by atoms with van der Waals surface area (Å²) in [6.45, 7) is 10.6. The van der Waals surface area contributed by atoms with Crippen molar-refractivity contribution >= 4 is 32.7 Å². The minimum Gasteiger partial charge on any atom is -0.378 e. The molecule has 270 valence electrons. The van der Waals surface area contributed by atoms with Crippen LogP contribution in [-0.4, -0.2) is 165 Å². The van der Waals surface area contributed by atoms with E-state index in [-0.39, 0.29) is 18.1 Å². The largest absolute Gasteiger partial charge is 0.378 e. The number of hydrogen-bond donors (Lipinski definition) is 0. The van der Waals surface area contributed by atoms with Gasteiger partial charge in [-0.15, -0.1) is 0 Å². The highest BCUT2D eigenvalue weighted by atomic mass is 127. The summed E-state index contributed by atoms with van der Waals surface area (Å²) in [7, 11) is -3.76. The highest BCUT2D eigenvalue weighted by Crippen LogP contribution is 2.10. The molecule has 0 bridgehead atoms. The average molecular weight is 797 g/mol. The minimum absolute atomic E-state index is 0.0578. The zero-order chi connectivity index (χ0) is 33.1. The van der Waals surface area contributed by atoms with E-state index in [4.69, 9.17) is 56.3 Å². The fourth-order valence-corrected chi connectivity index (χ4v) is 4.44. The van der Waals surface area contributed by atoms with Gasteiger partial charge in [-0.25, -0.2) is 0 Å². The molecule has 14 nitrogen and oxygen atoms in total. The van der Waals surface area contributed by atoms with Gasteiger partial charge < -0.3 is 52.1 Å². The maximum Gasteiger partial charge on any atom is 0.297 e. The molecule has 0 aliphatic rings. The van der Waals surface area contributed by atoms with Crippen LogP contribution in [0.5, 0.6) is 0 Å². The lowest BCUT2D eigenvalue weighted by Crippen LogP contribution is -2.16. The van der Waals surface area contributed by atoms with E-state index in [1.165, 1.54) is 12.1 Å². The molecule has 0 aliphatic heterocycles. The van der Waals surface area contributed by atoms with Crippen LogP contribution in [0.15, 0.2) is 35.2 Å². The second kappa shape index (κ2) is 34.3. The third kappa shape index (κ3) is 29.6. The first-order valence-electron chi connectivity index (χ1n) is 15.5. The van der Waals surface area contributed by atoms with E-state index in [1.54, 1.807) is 18.2 Å². The van der Waals surface area contributed by atoms with Crippen molar-refractivity contribution in [3.63, 3.8) is 0 Å². The Morgan fingerprint density at radius 1 is 0.370 bits per heavy atom. The maximum atomic E-state index is 12.0. The number of hydrogen-bond acceptors (Lipinski definition) is 14. The Labute approximate surface area is 288 Å². The molecule has 0 aliphatic carbocycles. The number of benzene rings is 1. The number of rotatable bonds is 37. The molecule has 1 aromatic carbocycles. The van der Waals surface area contributed by atoms with Gasteiger partial charge in [-0.3, -0.25) is 4.18 Å². The van der Waals surface area contributed by atoms with E-state index >= 15 is 0 Å². The van der Waals surface area contributed by atoms with Crippen LogP contribution in [0.1, 0.15) is 0 Å². The van der Waals surface area contributed by atoms with E-state index in [0.717, 1.165) is 11.0 Å². The summed E-state index contributed by atoms with van der Waals surface area (Å²) in [5, 5.41) is 0. The summed E-state index contributed by atoms with van der Waals surface area (Å²) in [5.41, 5.74) is 0. The van der Waals surface area contributed by atoms with Crippen molar-refractivity contribution < 1.29 is 64.7 Å². The fourth-order valence-electron chi connectivity index (χ4n) is 3.21. The topological polar surface area (TPSA) is 145 Å². The minimum atomic E-state index is -3.76. The van der Waals surface area contributed by atoms with Gasteiger partial charge >= 0.3 is 0 Å². The zero-order valence-electron chi connectivity index (χ0n) is 26.9. The molecule has 0 saturated carbocycles.